The number of rotatable bonds is 4. The van der Waals surface area contributed by atoms with Crippen molar-refractivity contribution in [1.82, 2.24) is 0 Å². The van der Waals surface area contributed by atoms with Gasteiger partial charge in [-0.2, -0.15) is 0 Å². The molecule has 1 rings (SSSR count). The minimum absolute atomic E-state index is 0.184. The summed E-state index contributed by atoms with van der Waals surface area (Å²) >= 11 is 0. The van der Waals surface area contributed by atoms with E-state index >= 15 is 0 Å². The Hall–Kier alpha value is -1.72. The highest BCUT2D eigenvalue weighted by atomic mass is 16.6. The Morgan fingerprint density at radius 1 is 1.38 bits per heavy atom. The lowest BCUT2D eigenvalue weighted by Crippen LogP contribution is -2.27. The molecular formula is C10H12O6. The first-order valence-corrected chi connectivity index (χ1v) is 4.87. The molecule has 6 nitrogen and oxygen atoms in total. The molecule has 0 aromatic rings. The maximum absolute atomic E-state index is 11.5. The summed E-state index contributed by atoms with van der Waals surface area (Å²) in [6.45, 7) is 2.94. The van der Waals surface area contributed by atoms with Crippen molar-refractivity contribution >= 4 is 23.5 Å². The van der Waals surface area contributed by atoms with Crippen molar-refractivity contribution in [3.63, 3.8) is 0 Å². The van der Waals surface area contributed by atoms with E-state index in [4.69, 9.17) is 0 Å². The minimum Gasteiger partial charge on any atom is -0.466 e. The average Bonchev–Trinajstić information content (AvgIpc) is 2.42. The van der Waals surface area contributed by atoms with E-state index in [0.717, 1.165) is 6.92 Å². The highest BCUT2D eigenvalue weighted by Gasteiger charge is 2.46. The lowest BCUT2D eigenvalue weighted by atomic mass is 9.98. The molecule has 2 atom stereocenters. The molecule has 0 bridgehead atoms. The van der Waals surface area contributed by atoms with Crippen molar-refractivity contribution in [2.24, 2.45) is 5.92 Å². The third-order valence-electron chi connectivity index (χ3n) is 2.16. The van der Waals surface area contributed by atoms with Crippen molar-refractivity contribution in [1.29, 1.82) is 0 Å². The summed E-state index contributed by atoms with van der Waals surface area (Å²) in [6.07, 6.45) is -1.51. The minimum atomic E-state index is -1.38. The summed E-state index contributed by atoms with van der Waals surface area (Å²) in [5, 5.41) is 0. The molecule has 0 aliphatic carbocycles. The van der Waals surface area contributed by atoms with Crippen LogP contribution in [0.4, 0.5) is 0 Å². The molecule has 0 aromatic carbocycles. The monoisotopic (exact) mass is 228 g/mol. The Balaban J connectivity index is 2.66. The lowest BCUT2D eigenvalue weighted by Gasteiger charge is -2.06. The van der Waals surface area contributed by atoms with Gasteiger partial charge in [-0.15, -0.1) is 0 Å². The van der Waals surface area contributed by atoms with Gasteiger partial charge in [-0.25, -0.2) is 0 Å². The van der Waals surface area contributed by atoms with Crippen LogP contribution >= 0.6 is 0 Å². The van der Waals surface area contributed by atoms with Crippen molar-refractivity contribution < 1.29 is 28.7 Å². The Morgan fingerprint density at radius 2 is 2.00 bits per heavy atom. The molecule has 1 fully saturated rings. The highest BCUT2D eigenvalue weighted by molar-refractivity contribution is 6.21. The molecular weight excluding hydrogens is 216 g/mol. The molecule has 0 radical (unpaired) electrons. The number of ketones is 2. The van der Waals surface area contributed by atoms with Crippen LogP contribution in [0.3, 0.4) is 0 Å². The first-order valence-electron chi connectivity index (χ1n) is 4.87. The second kappa shape index (κ2) is 4.87. The van der Waals surface area contributed by atoms with E-state index in [-0.39, 0.29) is 13.0 Å². The second-order valence-electron chi connectivity index (χ2n) is 3.38. The van der Waals surface area contributed by atoms with Crippen LogP contribution in [0.5, 0.6) is 0 Å². The number of Topliss-reactive ketones (excluding diaryl/α,β-unsaturated/α-hetero) is 2. The van der Waals surface area contributed by atoms with E-state index in [1.165, 1.54) is 0 Å². The molecule has 1 aliphatic rings. The summed E-state index contributed by atoms with van der Waals surface area (Å²) < 4.78 is 9.27. The molecule has 0 saturated carbocycles. The predicted molar refractivity (Wildman–Crippen MR) is 50.3 cm³/mol. The smallest absolute Gasteiger partial charge is 0.325 e. The highest BCUT2D eigenvalue weighted by Crippen LogP contribution is 2.20. The normalized spacial score (nSPS) is 24.1. The third-order valence-corrected chi connectivity index (χ3v) is 2.16. The summed E-state index contributed by atoms with van der Waals surface area (Å²) in [7, 11) is 0. The summed E-state index contributed by atoms with van der Waals surface area (Å²) in [4.78, 5) is 44.7. The Morgan fingerprint density at radius 3 is 2.44 bits per heavy atom. The molecule has 88 valence electrons. The van der Waals surface area contributed by atoms with Gasteiger partial charge in [-0.1, -0.05) is 0 Å². The van der Waals surface area contributed by atoms with E-state index in [0.29, 0.717) is 0 Å². The van der Waals surface area contributed by atoms with Gasteiger partial charge in [0.05, 0.1) is 13.0 Å². The van der Waals surface area contributed by atoms with E-state index in [9.17, 15) is 19.2 Å². The third kappa shape index (κ3) is 2.44. The number of hydrogen-bond acceptors (Lipinski definition) is 6. The lowest BCUT2D eigenvalue weighted by molar-refractivity contribution is -0.151. The Bertz CT molecular complexity index is 345. The Labute approximate surface area is 91.9 Å². The first kappa shape index (κ1) is 12.4. The zero-order valence-corrected chi connectivity index (χ0v) is 9.02. The quantitative estimate of drug-likeness (QED) is 0.482. The Kier molecular flexibility index (Phi) is 3.76. The number of esters is 2. The maximum atomic E-state index is 11.5. The standard InChI is InChI=1S/C10H12O6/c1-3-15-7(12)4-6-9(13)8(5(2)11)10(14)16-6/h6,8H,3-4H2,1-2H3. The summed E-state index contributed by atoms with van der Waals surface area (Å²) in [5.74, 6) is -4.11. The van der Waals surface area contributed by atoms with Gasteiger partial charge in [-0.3, -0.25) is 19.2 Å². The van der Waals surface area contributed by atoms with Gasteiger partial charge in [0.15, 0.2) is 23.6 Å². The fourth-order valence-electron chi connectivity index (χ4n) is 1.45. The number of ether oxygens (including phenoxy) is 2. The fourth-order valence-corrected chi connectivity index (χ4v) is 1.45. The number of hydrogen-bond donors (Lipinski definition) is 0. The zero-order chi connectivity index (χ0) is 12.3. The van der Waals surface area contributed by atoms with Crippen molar-refractivity contribution in [3.8, 4) is 0 Å². The van der Waals surface area contributed by atoms with Crippen molar-refractivity contribution in [3.05, 3.63) is 0 Å². The van der Waals surface area contributed by atoms with Crippen molar-refractivity contribution in [2.45, 2.75) is 26.4 Å². The first-order chi connectivity index (χ1) is 7.47. The van der Waals surface area contributed by atoms with Gasteiger partial charge >= 0.3 is 11.9 Å². The molecule has 0 N–H and O–H groups in total. The van der Waals surface area contributed by atoms with Crippen molar-refractivity contribution in [2.75, 3.05) is 6.61 Å². The molecule has 6 heteroatoms. The summed E-state index contributed by atoms with van der Waals surface area (Å²) in [6, 6.07) is 0. The van der Waals surface area contributed by atoms with Crippen LogP contribution in [0.2, 0.25) is 0 Å². The van der Waals surface area contributed by atoms with Gasteiger partial charge in [0.1, 0.15) is 0 Å². The van der Waals surface area contributed by atoms with Crippen LogP contribution < -0.4 is 0 Å². The SMILES string of the molecule is CCOC(=O)CC1OC(=O)C(C(C)=O)C1=O. The van der Waals surface area contributed by atoms with Crippen LogP contribution in [0.15, 0.2) is 0 Å². The van der Waals surface area contributed by atoms with Crippen LogP contribution in [0.25, 0.3) is 0 Å². The molecule has 1 saturated heterocycles. The molecule has 1 heterocycles. The van der Waals surface area contributed by atoms with E-state index in [1.807, 2.05) is 0 Å². The maximum Gasteiger partial charge on any atom is 0.325 e. The van der Waals surface area contributed by atoms with E-state index in [2.05, 4.69) is 9.47 Å². The predicted octanol–water partition coefficient (Wildman–Crippen LogP) is -0.361. The average molecular weight is 228 g/mol. The van der Waals surface area contributed by atoms with Gasteiger partial charge < -0.3 is 9.47 Å². The summed E-state index contributed by atoms with van der Waals surface area (Å²) in [5.41, 5.74) is 0. The second-order valence-corrected chi connectivity index (χ2v) is 3.38. The number of carbonyl (C=O) groups is 4. The van der Waals surface area contributed by atoms with Crippen LogP contribution in [-0.2, 0) is 28.7 Å². The fraction of sp³-hybridized carbons (Fsp3) is 0.600. The van der Waals surface area contributed by atoms with Crippen LogP contribution in [0, 0.1) is 5.92 Å². The topological polar surface area (TPSA) is 86.7 Å². The van der Waals surface area contributed by atoms with Gasteiger partial charge in [0.2, 0.25) is 0 Å². The largest absolute Gasteiger partial charge is 0.466 e. The molecule has 16 heavy (non-hydrogen) atoms. The zero-order valence-electron chi connectivity index (χ0n) is 9.02. The van der Waals surface area contributed by atoms with E-state index in [1.54, 1.807) is 6.92 Å². The van der Waals surface area contributed by atoms with Crippen LogP contribution in [-0.4, -0.2) is 36.2 Å². The molecule has 1 aliphatic heterocycles. The molecule has 0 amide bonds. The molecule has 0 spiro atoms. The van der Waals surface area contributed by atoms with Gasteiger partial charge in [-0.05, 0) is 13.8 Å². The number of cyclic esters (lactones) is 1. The number of carbonyl (C=O) groups excluding carboxylic acids is 4. The van der Waals surface area contributed by atoms with E-state index < -0.39 is 35.5 Å². The van der Waals surface area contributed by atoms with Gasteiger partial charge in [0.25, 0.3) is 0 Å². The molecule has 2 unspecified atom stereocenters. The van der Waals surface area contributed by atoms with Gasteiger partial charge in [0, 0.05) is 0 Å². The molecule has 0 aromatic heterocycles. The van der Waals surface area contributed by atoms with Crippen LogP contribution in [0.1, 0.15) is 20.3 Å².